The molecule has 6 nitrogen and oxygen atoms in total. The standard InChI is InChI=1S/C24H27N3O3S/c1-4-26(17-21-9-7-15-25-16-21)24(28)18-27(22-13-11-19(2)12-14-22)31(29,30)23-10-6-5-8-20(23)3/h5-16H,4,17-18H2,1-3H3. The molecule has 0 unspecified atom stereocenters. The van der Waals surface area contributed by atoms with Crippen molar-refractivity contribution in [3.63, 3.8) is 0 Å². The van der Waals surface area contributed by atoms with Crippen LogP contribution in [0.5, 0.6) is 0 Å². The van der Waals surface area contributed by atoms with Crippen LogP contribution >= 0.6 is 0 Å². The first-order valence-electron chi connectivity index (χ1n) is 10.1. The maximum Gasteiger partial charge on any atom is 0.265 e. The Bertz CT molecular complexity index is 1130. The Labute approximate surface area is 184 Å². The van der Waals surface area contributed by atoms with Gasteiger partial charge in [0.15, 0.2) is 0 Å². The summed E-state index contributed by atoms with van der Waals surface area (Å²) in [4.78, 5) is 19.1. The molecule has 2 aromatic carbocycles. The molecule has 162 valence electrons. The number of pyridine rings is 1. The molecule has 31 heavy (non-hydrogen) atoms. The largest absolute Gasteiger partial charge is 0.337 e. The molecule has 0 bridgehead atoms. The van der Waals surface area contributed by atoms with Gasteiger partial charge < -0.3 is 4.90 Å². The summed E-state index contributed by atoms with van der Waals surface area (Å²) in [5.41, 5.74) is 2.99. The maximum atomic E-state index is 13.6. The van der Waals surface area contributed by atoms with Crippen molar-refractivity contribution in [2.75, 3.05) is 17.4 Å². The molecule has 0 aliphatic heterocycles. The third-order valence-electron chi connectivity index (χ3n) is 5.09. The molecular formula is C24H27N3O3S. The van der Waals surface area contributed by atoms with Crippen molar-refractivity contribution in [1.82, 2.24) is 9.88 Å². The number of amides is 1. The molecule has 0 N–H and O–H groups in total. The van der Waals surface area contributed by atoms with E-state index < -0.39 is 10.0 Å². The summed E-state index contributed by atoms with van der Waals surface area (Å²) < 4.78 is 28.4. The molecule has 0 aliphatic carbocycles. The number of aromatic nitrogens is 1. The minimum absolute atomic E-state index is 0.193. The molecule has 7 heteroatoms. The van der Waals surface area contributed by atoms with E-state index in [1.165, 1.54) is 4.31 Å². The van der Waals surface area contributed by atoms with Gasteiger partial charge in [-0.1, -0.05) is 42.0 Å². The summed E-state index contributed by atoms with van der Waals surface area (Å²) in [6, 6.07) is 17.7. The van der Waals surface area contributed by atoms with Crippen LogP contribution in [-0.2, 0) is 21.4 Å². The van der Waals surface area contributed by atoms with Gasteiger partial charge in [0.25, 0.3) is 10.0 Å². The number of aryl methyl sites for hydroxylation is 2. The number of nitrogens with zero attached hydrogens (tertiary/aromatic N) is 3. The van der Waals surface area contributed by atoms with Crippen LogP contribution in [0.15, 0.2) is 78.0 Å². The summed E-state index contributed by atoms with van der Waals surface area (Å²) in [5.74, 6) is -0.274. The summed E-state index contributed by atoms with van der Waals surface area (Å²) in [7, 11) is -3.93. The summed E-state index contributed by atoms with van der Waals surface area (Å²) in [5, 5.41) is 0. The van der Waals surface area contributed by atoms with Gasteiger partial charge in [0.05, 0.1) is 10.6 Å². The van der Waals surface area contributed by atoms with Crippen molar-refractivity contribution in [2.24, 2.45) is 0 Å². The van der Waals surface area contributed by atoms with Crippen molar-refractivity contribution in [2.45, 2.75) is 32.2 Å². The highest BCUT2D eigenvalue weighted by Gasteiger charge is 2.29. The van der Waals surface area contributed by atoms with Gasteiger partial charge in [0.1, 0.15) is 6.54 Å². The Morgan fingerprint density at radius 1 is 0.968 bits per heavy atom. The molecule has 1 heterocycles. The zero-order chi connectivity index (χ0) is 22.4. The average Bonchev–Trinajstić information content (AvgIpc) is 2.77. The van der Waals surface area contributed by atoms with Crippen LogP contribution in [-0.4, -0.2) is 37.3 Å². The van der Waals surface area contributed by atoms with Crippen molar-refractivity contribution in [3.8, 4) is 0 Å². The van der Waals surface area contributed by atoms with Crippen molar-refractivity contribution >= 4 is 21.6 Å². The fourth-order valence-corrected chi connectivity index (χ4v) is 4.94. The average molecular weight is 438 g/mol. The zero-order valence-corrected chi connectivity index (χ0v) is 18.8. The maximum absolute atomic E-state index is 13.6. The molecule has 0 saturated carbocycles. The molecule has 0 aliphatic rings. The van der Waals surface area contributed by atoms with Gasteiger partial charge >= 0.3 is 0 Å². The molecule has 0 saturated heterocycles. The fraction of sp³-hybridized carbons (Fsp3) is 0.250. The third-order valence-corrected chi connectivity index (χ3v) is 7.03. The minimum atomic E-state index is -3.93. The predicted octanol–water partition coefficient (Wildman–Crippen LogP) is 3.94. The highest BCUT2D eigenvalue weighted by atomic mass is 32.2. The number of hydrogen-bond donors (Lipinski definition) is 0. The highest BCUT2D eigenvalue weighted by Crippen LogP contribution is 2.26. The Morgan fingerprint density at radius 3 is 2.29 bits per heavy atom. The molecule has 3 rings (SSSR count). The normalized spacial score (nSPS) is 11.2. The van der Waals surface area contributed by atoms with Crippen molar-refractivity contribution < 1.29 is 13.2 Å². The van der Waals surface area contributed by atoms with E-state index in [0.717, 1.165) is 11.1 Å². The number of likely N-dealkylation sites (N-methyl/N-ethyl adjacent to an activating group) is 1. The monoisotopic (exact) mass is 437 g/mol. The molecule has 0 atom stereocenters. The van der Waals surface area contributed by atoms with Crippen LogP contribution in [0, 0.1) is 13.8 Å². The lowest BCUT2D eigenvalue weighted by molar-refractivity contribution is -0.129. The van der Waals surface area contributed by atoms with Gasteiger partial charge in [0, 0.05) is 25.5 Å². The molecule has 3 aromatic rings. The first-order chi connectivity index (χ1) is 14.8. The Kier molecular flexibility index (Phi) is 7.07. The number of benzene rings is 2. The van der Waals surface area contributed by atoms with Crippen molar-refractivity contribution in [3.05, 3.63) is 89.7 Å². The van der Waals surface area contributed by atoms with Gasteiger partial charge in [0.2, 0.25) is 5.91 Å². The van der Waals surface area contributed by atoms with E-state index in [0.29, 0.717) is 24.3 Å². The number of sulfonamides is 1. The van der Waals surface area contributed by atoms with Crippen LogP contribution in [0.4, 0.5) is 5.69 Å². The molecule has 0 radical (unpaired) electrons. The van der Waals surface area contributed by atoms with Crippen molar-refractivity contribution in [1.29, 1.82) is 0 Å². The number of carbonyl (C=O) groups is 1. The second kappa shape index (κ2) is 9.75. The zero-order valence-electron chi connectivity index (χ0n) is 18.0. The first-order valence-corrected chi connectivity index (χ1v) is 11.6. The van der Waals surface area contributed by atoms with Gasteiger partial charge in [-0.3, -0.25) is 14.1 Å². The highest BCUT2D eigenvalue weighted by molar-refractivity contribution is 7.93. The minimum Gasteiger partial charge on any atom is -0.337 e. The van der Waals surface area contributed by atoms with E-state index in [2.05, 4.69) is 4.98 Å². The van der Waals surface area contributed by atoms with E-state index in [-0.39, 0.29) is 17.3 Å². The van der Waals surface area contributed by atoms with Gasteiger partial charge in [-0.15, -0.1) is 0 Å². The van der Waals surface area contributed by atoms with Crippen LogP contribution in [0.3, 0.4) is 0 Å². The van der Waals surface area contributed by atoms with Gasteiger partial charge in [-0.05, 0) is 56.2 Å². The van der Waals surface area contributed by atoms with E-state index in [1.54, 1.807) is 60.6 Å². The number of rotatable bonds is 8. The molecule has 0 fully saturated rings. The lowest BCUT2D eigenvalue weighted by atomic mass is 10.2. The first kappa shape index (κ1) is 22.5. The van der Waals surface area contributed by atoms with Crippen LogP contribution < -0.4 is 4.31 Å². The van der Waals surface area contributed by atoms with Crippen LogP contribution in [0.25, 0.3) is 0 Å². The van der Waals surface area contributed by atoms with Crippen LogP contribution in [0.1, 0.15) is 23.6 Å². The fourth-order valence-electron chi connectivity index (χ4n) is 3.30. The van der Waals surface area contributed by atoms with E-state index in [1.807, 2.05) is 38.1 Å². The third kappa shape index (κ3) is 5.30. The predicted molar refractivity (Wildman–Crippen MR) is 122 cm³/mol. The van der Waals surface area contributed by atoms with E-state index in [9.17, 15) is 13.2 Å². The second-order valence-electron chi connectivity index (χ2n) is 7.38. The topological polar surface area (TPSA) is 70.6 Å². The summed E-state index contributed by atoms with van der Waals surface area (Å²) in [6.07, 6.45) is 3.38. The number of hydrogen-bond acceptors (Lipinski definition) is 4. The molecule has 0 spiro atoms. The molecular weight excluding hydrogens is 410 g/mol. The molecule has 1 aromatic heterocycles. The lowest BCUT2D eigenvalue weighted by Gasteiger charge is -2.28. The number of anilines is 1. The lowest BCUT2D eigenvalue weighted by Crippen LogP contribution is -2.43. The van der Waals surface area contributed by atoms with E-state index in [4.69, 9.17) is 0 Å². The summed E-state index contributed by atoms with van der Waals surface area (Å²) in [6.45, 7) is 6.11. The Balaban J connectivity index is 1.96. The van der Waals surface area contributed by atoms with Gasteiger partial charge in [-0.2, -0.15) is 0 Å². The van der Waals surface area contributed by atoms with Gasteiger partial charge in [-0.25, -0.2) is 8.42 Å². The Hall–Kier alpha value is -3.19. The second-order valence-corrected chi connectivity index (χ2v) is 9.21. The Morgan fingerprint density at radius 2 is 1.68 bits per heavy atom. The smallest absolute Gasteiger partial charge is 0.265 e. The SMILES string of the molecule is CCN(Cc1cccnc1)C(=O)CN(c1ccc(C)cc1)S(=O)(=O)c1ccccc1C. The molecule has 1 amide bonds. The quantitative estimate of drug-likeness (QED) is 0.535. The summed E-state index contributed by atoms with van der Waals surface area (Å²) >= 11 is 0. The number of carbonyl (C=O) groups excluding carboxylic acids is 1. The van der Waals surface area contributed by atoms with E-state index >= 15 is 0 Å². The van der Waals surface area contributed by atoms with Crippen LogP contribution in [0.2, 0.25) is 0 Å².